The number of fused-ring (bicyclic) bond motifs is 2. The lowest BCUT2D eigenvalue weighted by Crippen LogP contribution is -2.41. The normalized spacial score (nSPS) is 20.4. The van der Waals surface area contributed by atoms with Crippen molar-refractivity contribution in [3.8, 4) is 11.5 Å². The van der Waals surface area contributed by atoms with E-state index in [1.165, 1.54) is 0 Å². The number of aromatic amines is 1. The zero-order valence-electron chi connectivity index (χ0n) is 17.9. The highest BCUT2D eigenvalue weighted by Gasteiger charge is 2.50. The van der Waals surface area contributed by atoms with Gasteiger partial charge >= 0.3 is 6.03 Å². The van der Waals surface area contributed by atoms with Gasteiger partial charge in [-0.3, -0.25) is 14.5 Å². The van der Waals surface area contributed by atoms with Crippen molar-refractivity contribution in [2.75, 3.05) is 19.8 Å². The molecule has 1 saturated heterocycles. The Bertz CT molecular complexity index is 1260. The van der Waals surface area contributed by atoms with E-state index in [9.17, 15) is 14.4 Å². The second kappa shape index (κ2) is 7.40. The van der Waals surface area contributed by atoms with Crippen LogP contribution in [0.5, 0.6) is 11.5 Å². The van der Waals surface area contributed by atoms with Gasteiger partial charge < -0.3 is 19.8 Å². The molecule has 1 fully saturated rings. The molecular formula is C24H23N3O5. The number of hydrogen-bond donors (Lipinski definition) is 2. The van der Waals surface area contributed by atoms with Crippen LogP contribution in [-0.4, -0.2) is 47.4 Å². The number of imide groups is 1. The highest BCUT2D eigenvalue weighted by molar-refractivity contribution is 6.15. The van der Waals surface area contributed by atoms with E-state index in [2.05, 4.69) is 10.3 Å². The summed E-state index contributed by atoms with van der Waals surface area (Å²) in [6.07, 6.45) is 0.764. The van der Waals surface area contributed by atoms with Gasteiger partial charge in [-0.2, -0.15) is 0 Å². The monoisotopic (exact) mass is 433 g/mol. The predicted octanol–water partition coefficient (Wildman–Crippen LogP) is 3.29. The molecule has 0 bridgehead atoms. The molecule has 1 atom stereocenters. The number of ketones is 1. The SMILES string of the molecule is Cc1[nH]c2ccccc2c1C(=O)CN1C(=O)N[C@](C)(c2ccc3c(c2)OCCCO3)C1=O. The molecule has 0 saturated carbocycles. The van der Waals surface area contributed by atoms with Crippen LogP contribution in [0.15, 0.2) is 42.5 Å². The van der Waals surface area contributed by atoms with Crippen LogP contribution in [0.4, 0.5) is 4.79 Å². The number of aromatic nitrogens is 1. The van der Waals surface area contributed by atoms with Gasteiger partial charge in [-0.25, -0.2) is 4.79 Å². The standard InChI is InChI=1S/C24H23N3O5/c1-14-21(16-6-3-4-7-17(16)25-14)18(28)13-27-22(29)24(2,26-23(27)30)15-8-9-19-20(12-15)32-11-5-10-31-19/h3-4,6-9,12,25H,5,10-11,13H2,1-2H3,(H,26,30)/t24-/m1/s1. The van der Waals surface area contributed by atoms with Gasteiger partial charge in [-0.05, 0) is 37.6 Å². The fourth-order valence-electron chi connectivity index (χ4n) is 4.37. The van der Waals surface area contributed by atoms with E-state index in [0.717, 1.165) is 22.2 Å². The Kier molecular flexibility index (Phi) is 4.65. The Morgan fingerprint density at radius 1 is 1.09 bits per heavy atom. The summed E-state index contributed by atoms with van der Waals surface area (Å²) >= 11 is 0. The summed E-state index contributed by atoms with van der Waals surface area (Å²) < 4.78 is 11.4. The van der Waals surface area contributed by atoms with Crippen molar-refractivity contribution in [3.05, 3.63) is 59.3 Å². The number of Topliss-reactive ketones (excluding diaryl/α,β-unsaturated/α-hetero) is 1. The lowest BCUT2D eigenvalue weighted by molar-refractivity contribution is -0.130. The summed E-state index contributed by atoms with van der Waals surface area (Å²) in [5.41, 5.74) is 1.29. The molecule has 2 aromatic carbocycles. The fourth-order valence-corrected chi connectivity index (χ4v) is 4.37. The number of para-hydroxylation sites is 1. The number of ether oxygens (including phenoxy) is 2. The minimum absolute atomic E-state index is 0.300. The Hall–Kier alpha value is -3.81. The van der Waals surface area contributed by atoms with Gasteiger partial charge in [0, 0.05) is 28.6 Å². The van der Waals surface area contributed by atoms with Crippen molar-refractivity contribution < 1.29 is 23.9 Å². The number of carbonyl (C=O) groups excluding carboxylic acids is 3. The molecule has 0 aliphatic carbocycles. The van der Waals surface area contributed by atoms with E-state index < -0.39 is 17.5 Å². The molecule has 32 heavy (non-hydrogen) atoms. The van der Waals surface area contributed by atoms with Crippen LogP contribution in [0, 0.1) is 6.92 Å². The average molecular weight is 433 g/mol. The Balaban J connectivity index is 1.43. The zero-order chi connectivity index (χ0) is 22.5. The van der Waals surface area contributed by atoms with E-state index in [1.807, 2.05) is 24.3 Å². The fraction of sp³-hybridized carbons (Fsp3) is 0.292. The Labute approximate surface area is 184 Å². The zero-order valence-corrected chi connectivity index (χ0v) is 17.9. The maximum absolute atomic E-state index is 13.3. The lowest BCUT2D eigenvalue weighted by Gasteiger charge is -2.23. The van der Waals surface area contributed by atoms with Gasteiger partial charge in [0.25, 0.3) is 5.91 Å². The molecule has 3 aromatic rings. The van der Waals surface area contributed by atoms with Crippen LogP contribution in [0.3, 0.4) is 0 Å². The molecule has 8 nitrogen and oxygen atoms in total. The van der Waals surface area contributed by atoms with Gasteiger partial charge in [-0.1, -0.05) is 24.3 Å². The Morgan fingerprint density at radius 2 is 1.84 bits per heavy atom. The lowest BCUT2D eigenvalue weighted by atomic mass is 9.91. The summed E-state index contributed by atoms with van der Waals surface area (Å²) in [6, 6.07) is 12.0. The molecule has 8 heteroatoms. The summed E-state index contributed by atoms with van der Waals surface area (Å²) in [5, 5.41) is 3.52. The maximum atomic E-state index is 13.3. The van der Waals surface area contributed by atoms with Gasteiger partial charge in [0.2, 0.25) is 0 Å². The van der Waals surface area contributed by atoms with Crippen LogP contribution in [0.2, 0.25) is 0 Å². The average Bonchev–Trinajstić information content (AvgIpc) is 3.08. The molecule has 0 spiro atoms. The molecular weight excluding hydrogens is 410 g/mol. The van der Waals surface area contributed by atoms with E-state index in [4.69, 9.17) is 9.47 Å². The Morgan fingerprint density at radius 3 is 2.66 bits per heavy atom. The van der Waals surface area contributed by atoms with Crippen molar-refractivity contribution in [3.63, 3.8) is 0 Å². The second-order valence-electron chi connectivity index (χ2n) is 8.25. The van der Waals surface area contributed by atoms with Crippen molar-refractivity contribution in [1.29, 1.82) is 0 Å². The van der Waals surface area contributed by atoms with Crippen LogP contribution >= 0.6 is 0 Å². The molecule has 3 heterocycles. The molecule has 1 aromatic heterocycles. The first-order valence-corrected chi connectivity index (χ1v) is 10.5. The highest BCUT2D eigenvalue weighted by atomic mass is 16.5. The third-order valence-corrected chi connectivity index (χ3v) is 6.07. The predicted molar refractivity (Wildman–Crippen MR) is 117 cm³/mol. The van der Waals surface area contributed by atoms with E-state index >= 15 is 0 Å². The largest absolute Gasteiger partial charge is 0.490 e. The number of carbonyl (C=O) groups is 3. The number of H-pyrrole nitrogens is 1. The smallest absolute Gasteiger partial charge is 0.325 e. The summed E-state index contributed by atoms with van der Waals surface area (Å²) in [4.78, 5) is 43.4. The van der Waals surface area contributed by atoms with E-state index in [-0.39, 0.29) is 12.3 Å². The van der Waals surface area contributed by atoms with E-state index in [0.29, 0.717) is 41.5 Å². The van der Waals surface area contributed by atoms with Gasteiger partial charge in [0.15, 0.2) is 17.3 Å². The number of nitrogens with zero attached hydrogens (tertiary/aromatic N) is 1. The topological polar surface area (TPSA) is 101 Å². The number of amides is 3. The third-order valence-electron chi connectivity index (χ3n) is 6.07. The van der Waals surface area contributed by atoms with Gasteiger partial charge in [0.05, 0.1) is 19.8 Å². The summed E-state index contributed by atoms with van der Waals surface area (Å²) in [6.45, 7) is 4.17. The molecule has 2 aliphatic rings. The van der Waals surface area contributed by atoms with Crippen LogP contribution < -0.4 is 14.8 Å². The maximum Gasteiger partial charge on any atom is 0.325 e. The molecule has 0 unspecified atom stereocenters. The van der Waals surface area contributed by atoms with Crippen molar-refractivity contribution >= 4 is 28.6 Å². The number of hydrogen-bond acceptors (Lipinski definition) is 5. The molecule has 164 valence electrons. The van der Waals surface area contributed by atoms with Crippen molar-refractivity contribution in [2.24, 2.45) is 0 Å². The van der Waals surface area contributed by atoms with Crippen LogP contribution in [0.25, 0.3) is 10.9 Å². The van der Waals surface area contributed by atoms with E-state index in [1.54, 1.807) is 32.0 Å². The first-order valence-electron chi connectivity index (χ1n) is 10.5. The molecule has 2 aliphatic heterocycles. The van der Waals surface area contributed by atoms with Gasteiger partial charge in [0.1, 0.15) is 5.54 Å². The highest BCUT2D eigenvalue weighted by Crippen LogP contribution is 2.37. The molecule has 0 radical (unpaired) electrons. The number of aryl methyl sites for hydroxylation is 1. The molecule has 2 N–H and O–H groups in total. The quantitative estimate of drug-likeness (QED) is 0.486. The summed E-state index contributed by atoms with van der Waals surface area (Å²) in [5.74, 6) is 0.356. The van der Waals surface area contributed by atoms with Crippen molar-refractivity contribution in [2.45, 2.75) is 25.8 Å². The van der Waals surface area contributed by atoms with Crippen LogP contribution in [0.1, 0.15) is 35.0 Å². The van der Waals surface area contributed by atoms with Gasteiger partial charge in [-0.15, -0.1) is 0 Å². The minimum Gasteiger partial charge on any atom is -0.490 e. The second-order valence-corrected chi connectivity index (χ2v) is 8.25. The number of benzene rings is 2. The van der Waals surface area contributed by atoms with Crippen molar-refractivity contribution in [1.82, 2.24) is 15.2 Å². The van der Waals surface area contributed by atoms with Crippen LogP contribution in [-0.2, 0) is 10.3 Å². The first-order chi connectivity index (χ1) is 15.4. The summed E-state index contributed by atoms with van der Waals surface area (Å²) in [7, 11) is 0. The third kappa shape index (κ3) is 3.10. The minimum atomic E-state index is -1.31. The number of rotatable bonds is 4. The molecule has 3 amide bonds. The number of nitrogens with one attached hydrogen (secondary N) is 2. The number of urea groups is 1. The first kappa shape index (κ1) is 20.1. The molecule has 5 rings (SSSR count).